The Morgan fingerprint density at radius 2 is 2.03 bits per heavy atom. The zero-order valence-electron chi connectivity index (χ0n) is 16.9. The Bertz CT molecular complexity index is 1250. The molecule has 0 radical (unpaired) electrons. The average molecular weight is 452 g/mol. The summed E-state index contributed by atoms with van der Waals surface area (Å²) in [4.78, 5) is 24.8. The van der Waals surface area contributed by atoms with Gasteiger partial charge in [0, 0.05) is 59.4 Å². The van der Waals surface area contributed by atoms with Crippen molar-refractivity contribution in [1.82, 2.24) is 20.2 Å². The predicted molar refractivity (Wildman–Crippen MR) is 127 cm³/mol. The van der Waals surface area contributed by atoms with Gasteiger partial charge in [0.25, 0.3) is 5.91 Å². The maximum Gasteiger partial charge on any atom is 0.264 e. The third-order valence-electron chi connectivity index (χ3n) is 5.50. The summed E-state index contributed by atoms with van der Waals surface area (Å²) in [5.41, 5.74) is 1.96. The number of piperazine rings is 1. The Morgan fingerprint density at radius 1 is 1.19 bits per heavy atom. The van der Waals surface area contributed by atoms with Crippen LogP contribution < -0.4 is 10.6 Å². The molecule has 0 aliphatic carbocycles. The number of amides is 1. The Kier molecular flexibility index (Phi) is 5.72. The third kappa shape index (κ3) is 4.21. The zero-order chi connectivity index (χ0) is 21.2. The van der Waals surface area contributed by atoms with Crippen LogP contribution in [0, 0.1) is 0 Å². The fourth-order valence-electron chi connectivity index (χ4n) is 3.83. The molecule has 158 valence electrons. The lowest BCUT2D eigenvalue weighted by Crippen LogP contribution is -2.46. The summed E-state index contributed by atoms with van der Waals surface area (Å²) in [7, 11) is 0. The van der Waals surface area contributed by atoms with Gasteiger partial charge < -0.3 is 15.5 Å². The number of benzene rings is 2. The molecule has 5 rings (SSSR count). The normalized spacial score (nSPS) is 14.3. The number of rotatable bonds is 5. The van der Waals surface area contributed by atoms with Gasteiger partial charge >= 0.3 is 0 Å². The van der Waals surface area contributed by atoms with Crippen molar-refractivity contribution in [3.8, 4) is 0 Å². The quantitative estimate of drug-likeness (QED) is 0.476. The van der Waals surface area contributed by atoms with Gasteiger partial charge in [-0.15, -0.1) is 11.3 Å². The molecule has 1 aliphatic heterocycles. The molecule has 0 atom stereocenters. The van der Waals surface area contributed by atoms with Crippen LogP contribution in [-0.4, -0.2) is 53.5 Å². The molecule has 31 heavy (non-hydrogen) atoms. The van der Waals surface area contributed by atoms with Crippen molar-refractivity contribution in [1.29, 1.82) is 0 Å². The largest absolute Gasteiger partial charge is 0.354 e. The van der Waals surface area contributed by atoms with Gasteiger partial charge in [0.05, 0.1) is 10.4 Å². The van der Waals surface area contributed by atoms with Crippen LogP contribution in [0.4, 0.5) is 5.95 Å². The highest BCUT2D eigenvalue weighted by Gasteiger charge is 2.20. The van der Waals surface area contributed by atoms with Crippen molar-refractivity contribution in [3.05, 3.63) is 64.1 Å². The number of anilines is 1. The number of thiophene rings is 1. The molecule has 1 saturated heterocycles. The van der Waals surface area contributed by atoms with E-state index in [1.165, 1.54) is 11.3 Å². The van der Waals surface area contributed by atoms with E-state index in [0.717, 1.165) is 69.1 Å². The maximum atomic E-state index is 12.9. The number of carbonyl (C=O) groups excluding carboxylic acids is 1. The summed E-state index contributed by atoms with van der Waals surface area (Å²) in [5.74, 6) is 0.677. The highest BCUT2D eigenvalue weighted by Crippen LogP contribution is 2.32. The number of carbonyl (C=O) groups is 1. The van der Waals surface area contributed by atoms with Crippen LogP contribution in [0.25, 0.3) is 21.0 Å². The second-order valence-electron chi connectivity index (χ2n) is 7.53. The van der Waals surface area contributed by atoms with Crippen LogP contribution in [0.5, 0.6) is 0 Å². The lowest BCUT2D eigenvalue weighted by Gasteiger charge is -2.26. The summed E-state index contributed by atoms with van der Waals surface area (Å²) < 4.78 is 1.06. The first-order valence-corrected chi connectivity index (χ1v) is 11.5. The number of nitrogens with zero attached hydrogens (tertiary/aromatic N) is 3. The number of hydrogen-bond acceptors (Lipinski definition) is 6. The van der Waals surface area contributed by atoms with E-state index in [2.05, 4.69) is 15.6 Å². The molecular formula is C23H22ClN5OS. The van der Waals surface area contributed by atoms with E-state index >= 15 is 0 Å². The number of hydrogen-bond donors (Lipinski definition) is 2. The molecule has 2 aromatic heterocycles. The number of halogens is 1. The van der Waals surface area contributed by atoms with E-state index in [9.17, 15) is 4.79 Å². The topological polar surface area (TPSA) is 70.2 Å². The number of fused-ring (bicyclic) bond motifs is 3. The third-order valence-corrected chi connectivity index (χ3v) is 6.95. The van der Waals surface area contributed by atoms with Crippen molar-refractivity contribution in [2.24, 2.45) is 0 Å². The number of nitrogens with one attached hydrogen (secondary N) is 2. The van der Waals surface area contributed by atoms with Gasteiger partial charge in [-0.1, -0.05) is 29.8 Å². The Hall–Kier alpha value is -2.74. The van der Waals surface area contributed by atoms with Gasteiger partial charge in [0.15, 0.2) is 0 Å². The van der Waals surface area contributed by atoms with Crippen LogP contribution in [0.2, 0.25) is 5.02 Å². The SMILES string of the molecule is O=C(c1cc2c(ccc3cnc(NCCc4ccccc4Cl)nc32)s1)N1CCNCC1. The average Bonchev–Trinajstić information content (AvgIpc) is 3.25. The van der Waals surface area contributed by atoms with Crippen molar-refractivity contribution in [2.45, 2.75) is 6.42 Å². The molecule has 0 saturated carbocycles. The molecule has 3 heterocycles. The zero-order valence-corrected chi connectivity index (χ0v) is 18.5. The van der Waals surface area contributed by atoms with Crippen molar-refractivity contribution in [3.63, 3.8) is 0 Å². The summed E-state index contributed by atoms with van der Waals surface area (Å²) in [6.45, 7) is 3.86. The molecule has 0 unspecified atom stereocenters. The van der Waals surface area contributed by atoms with Crippen LogP contribution in [-0.2, 0) is 6.42 Å². The van der Waals surface area contributed by atoms with Crippen LogP contribution >= 0.6 is 22.9 Å². The molecule has 1 aliphatic rings. The lowest BCUT2D eigenvalue weighted by molar-refractivity contribution is 0.0741. The highest BCUT2D eigenvalue weighted by atomic mass is 35.5. The Balaban J connectivity index is 1.39. The first-order valence-electron chi connectivity index (χ1n) is 10.4. The fraction of sp³-hybridized carbons (Fsp3) is 0.261. The van der Waals surface area contributed by atoms with Gasteiger partial charge in [-0.2, -0.15) is 0 Å². The van der Waals surface area contributed by atoms with E-state index in [-0.39, 0.29) is 5.91 Å². The van der Waals surface area contributed by atoms with Crippen LogP contribution in [0.1, 0.15) is 15.2 Å². The van der Waals surface area contributed by atoms with Crippen molar-refractivity contribution >= 4 is 55.8 Å². The molecule has 4 aromatic rings. The standard InChI is InChI=1S/C23H22ClN5OS/c24-18-4-2-1-3-15(18)7-8-26-23-27-14-16-5-6-19-17(21(16)28-23)13-20(31-19)22(30)29-11-9-25-10-12-29/h1-6,13-14,25H,7-12H2,(H,26,27,28). The Morgan fingerprint density at radius 3 is 2.87 bits per heavy atom. The minimum Gasteiger partial charge on any atom is -0.354 e. The summed E-state index contributed by atoms with van der Waals surface area (Å²) >= 11 is 7.77. The fourth-order valence-corrected chi connectivity index (χ4v) is 5.09. The molecule has 2 aromatic carbocycles. The summed E-state index contributed by atoms with van der Waals surface area (Å²) in [6, 6.07) is 13.9. The monoisotopic (exact) mass is 451 g/mol. The van der Waals surface area contributed by atoms with Gasteiger partial charge in [-0.25, -0.2) is 9.97 Å². The van der Waals surface area contributed by atoms with Gasteiger partial charge in [0.1, 0.15) is 0 Å². The molecule has 0 spiro atoms. The van der Waals surface area contributed by atoms with E-state index in [1.807, 2.05) is 53.6 Å². The maximum absolute atomic E-state index is 12.9. The molecule has 8 heteroatoms. The van der Waals surface area contributed by atoms with E-state index in [1.54, 1.807) is 0 Å². The van der Waals surface area contributed by atoms with Crippen LogP contribution in [0.15, 0.2) is 48.7 Å². The Labute approximate surface area is 189 Å². The molecule has 0 bridgehead atoms. The van der Waals surface area contributed by atoms with Gasteiger partial charge in [-0.3, -0.25) is 4.79 Å². The second kappa shape index (κ2) is 8.78. The molecule has 2 N–H and O–H groups in total. The molecule has 1 fully saturated rings. The first kappa shape index (κ1) is 20.2. The molecule has 6 nitrogen and oxygen atoms in total. The minimum absolute atomic E-state index is 0.1000. The van der Waals surface area contributed by atoms with Gasteiger partial charge in [-0.05, 0) is 36.2 Å². The van der Waals surface area contributed by atoms with E-state index in [4.69, 9.17) is 16.6 Å². The molecular weight excluding hydrogens is 430 g/mol. The van der Waals surface area contributed by atoms with Crippen LogP contribution in [0.3, 0.4) is 0 Å². The predicted octanol–water partition coefficient (Wildman–Crippen LogP) is 4.20. The first-order chi connectivity index (χ1) is 15.2. The van der Waals surface area contributed by atoms with Gasteiger partial charge in [0.2, 0.25) is 5.95 Å². The smallest absolute Gasteiger partial charge is 0.264 e. The second-order valence-corrected chi connectivity index (χ2v) is 9.02. The van der Waals surface area contributed by atoms with E-state index in [0.29, 0.717) is 12.5 Å². The summed E-state index contributed by atoms with van der Waals surface area (Å²) in [5, 5.41) is 9.31. The summed E-state index contributed by atoms with van der Waals surface area (Å²) in [6.07, 6.45) is 2.61. The highest BCUT2D eigenvalue weighted by molar-refractivity contribution is 7.21. The van der Waals surface area contributed by atoms with E-state index < -0.39 is 0 Å². The minimum atomic E-state index is 0.1000. The lowest BCUT2D eigenvalue weighted by atomic mass is 10.1. The molecule has 1 amide bonds. The number of aromatic nitrogens is 2. The van der Waals surface area contributed by atoms with Crippen molar-refractivity contribution in [2.75, 3.05) is 38.0 Å². The van der Waals surface area contributed by atoms with Crippen molar-refractivity contribution < 1.29 is 4.79 Å².